The Morgan fingerprint density at radius 3 is 2.07 bits per heavy atom. The molecule has 0 atom stereocenters. The molecule has 1 aromatic heterocycles. The van der Waals surface area contributed by atoms with Gasteiger partial charge in [-0.15, -0.1) is 0 Å². The van der Waals surface area contributed by atoms with Crippen LogP contribution in [0.2, 0.25) is 0 Å². The van der Waals surface area contributed by atoms with Crippen molar-refractivity contribution in [3.8, 4) is 0 Å². The molecule has 9 heteroatoms. The second-order valence-corrected chi connectivity index (χ2v) is 12.5. The van der Waals surface area contributed by atoms with Gasteiger partial charge in [-0.1, -0.05) is 89.1 Å². The fourth-order valence-electron chi connectivity index (χ4n) is 5.82. The Labute approximate surface area is 250 Å². The van der Waals surface area contributed by atoms with Crippen LogP contribution in [0.5, 0.6) is 0 Å². The number of aryl methyl sites for hydroxylation is 1. The van der Waals surface area contributed by atoms with Crippen LogP contribution in [0.25, 0.3) is 27.8 Å². The van der Waals surface area contributed by atoms with E-state index in [0.717, 1.165) is 13.1 Å². The van der Waals surface area contributed by atoms with Crippen molar-refractivity contribution >= 4 is 41.6 Å². The van der Waals surface area contributed by atoms with Gasteiger partial charge in [-0.3, -0.25) is 0 Å². The molecule has 4 aromatic rings. The Morgan fingerprint density at radius 2 is 1.40 bits per heavy atom. The van der Waals surface area contributed by atoms with Crippen LogP contribution in [-0.4, -0.2) is 6.54 Å². The van der Waals surface area contributed by atoms with Gasteiger partial charge in [0.15, 0.2) is 0 Å². The Bertz CT molecular complexity index is 1610. The van der Waals surface area contributed by atoms with Crippen LogP contribution in [0.4, 0.5) is 26.7 Å². The number of allylic oxidation sites excluding steroid dienone is 3. The Hall–Kier alpha value is -3.38. The first-order chi connectivity index (χ1) is 19.8. The molecule has 232 valence electrons. The van der Waals surface area contributed by atoms with Gasteiger partial charge in [0.25, 0.3) is 0 Å². The third kappa shape index (κ3) is 8.38. The molecule has 0 radical (unpaired) electrons. The van der Waals surface area contributed by atoms with E-state index in [4.69, 9.17) is 0 Å². The van der Waals surface area contributed by atoms with Crippen LogP contribution in [0.1, 0.15) is 64.6 Å². The quantitative estimate of drug-likeness (QED) is 0.109. The molecule has 3 aromatic carbocycles. The Morgan fingerprint density at radius 1 is 0.791 bits per heavy atom. The number of hydrogen-bond acceptors (Lipinski definition) is 1. The van der Waals surface area contributed by atoms with Crippen LogP contribution >= 0.6 is 8.16 Å². The van der Waals surface area contributed by atoms with Crippen LogP contribution in [0, 0.1) is 0 Å². The van der Waals surface area contributed by atoms with Gasteiger partial charge in [0.2, 0.25) is 11.2 Å². The predicted molar refractivity (Wildman–Crippen MR) is 168 cm³/mol. The molecule has 0 fully saturated rings. The largest absolute Gasteiger partial charge is 1.00 e. The second-order valence-electron chi connectivity index (χ2n) is 11.2. The predicted octanol–water partition coefficient (Wildman–Crippen LogP) is 8.54. The number of para-hydroxylation sites is 1. The van der Waals surface area contributed by atoms with E-state index in [0.29, 0.717) is 0 Å². The smallest absolute Gasteiger partial charge is 1.00 e. The number of rotatable bonds is 8. The molecule has 0 saturated carbocycles. The number of aromatic nitrogens is 1. The molecule has 0 aliphatic carbocycles. The van der Waals surface area contributed by atoms with E-state index in [-0.39, 0.29) is 10.1 Å². The number of nitrogens with zero attached hydrogens (tertiary/aromatic N) is 2. The zero-order valence-electron chi connectivity index (χ0n) is 25.0. The number of unbranched alkanes of at least 4 members (excludes halogenated alkanes) is 2. The first-order valence-corrected chi connectivity index (χ1v) is 16.2. The van der Waals surface area contributed by atoms with E-state index in [1.807, 2.05) is 0 Å². The third-order valence-corrected chi connectivity index (χ3v) is 7.72. The summed E-state index contributed by atoms with van der Waals surface area (Å²) in [6.07, 6.45) is 11.7. The molecule has 0 unspecified atom stereocenters. The Balaban J connectivity index is 0.000000658. The second kappa shape index (κ2) is 13.5. The summed E-state index contributed by atoms with van der Waals surface area (Å²) < 4.78 is 51.7. The summed E-state index contributed by atoms with van der Waals surface area (Å²) in [5, 5.41) is 4.00. The number of fused-ring (bicyclic) bond motifs is 4. The third-order valence-electron chi connectivity index (χ3n) is 7.72. The molecule has 0 saturated heterocycles. The van der Waals surface area contributed by atoms with Crippen LogP contribution in [-0.2, 0) is 12.0 Å². The number of anilines is 1. The summed E-state index contributed by atoms with van der Waals surface area (Å²) in [6.45, 7) is 11.4. The van der Waals surface area contributed by atoms with Crippen molar-refractivity contribution in [2.45, 2.75) is 65.3 Å². The summed E-state index contributed by atoms with van der Waals surface area (Å²) in [7, 11) is -8.55. The van der Waals surface area contributed by atoms with Gasteiger partial charge in [0.05, 0.1) is 0 Å². The molecule has 1 aliphatic rings. The average Bonchev–Trinajstić information content (AvgIpc) is 3.15. The summed E-state index contributed by atoms with van der Waals surface area (Å²) in [6, 6.07) is 26.7. The van der Waals surface area contributed by atoms with E-state index in [1.165, 1.54) is 70.0 Å². The van der Waals surface area contributed by atoms with Gasteiger partial charge < -0.3 is 9.60 Å². The van der Waals surface area contributed by atoms with Gasteiger partial charge in [-0.25, -0.2) is 0 Å². The maximum Gasteiger partial charge on any atom is -1.00 e. The van der Waals surface area contributed by atoms with Gasteiger partial charge in [0, 0.05) is 53.4 Å². The van der Waals surface area contributed by atoms with Crippen LogP contribution < -0.4 is 14.2 Å². The fourth-order valence-corrected chi connectivity index (χ4v) is 5.82. The van der Waals surface area contributed by atoms with Crippen molar-refractivity contribution < 1.29 is 30.3 Å². The summed E-state index contributed by atoms with van der Waals surface area (Å²) in [5.41, 5.74) is 6.73. The van der Waals surface area contributed by atoms with Crippen molar-refractivity contribution in [1.82, 2.24) is 0 Å². The molecule has 5 rings (SSSR count). The Kier molecular flexibility index (Phi) is 10.7. The SMILES string of the molecule is CCCCN1C(=CC=Cc2ccc3ccccc3[n+]2CCCC)C(C)(C)c2c1ccc1ccccc21.FP(F)(F)(F)F.[F-]. The number of halogens is 6. The summed E-state index contributed by atoms with van der Waals surface area (Å²) in [4.78, 5) is 2.57. The molecule has 2 heterocycles. The molecule has 1 aliphatic heterocycles. The topological polar surface area (TPSA) is 7.12 Å². The zero-order chi connectivity index (χ0) is 30.6. The summed E-state index contributed by atoms with van der Waals surface area (Å²) in [5.74, 6) is 0. The van der Waals surface area contributed by atoms with Crippen LogP contribution in [0.3, 0.4) is 0 Å². The van der Waals surface area contributed by atoms with Gasteiger partial charge >= 0.3 is 29.1 Å². The molecule has 0 bridgehead atoms. The van der Waals surface area contributed by atoms with Crippen molar-refractivity contribution in [2.75, 3.05) is 11.4 Å². The first-order valence-electron chi connectivity index (χ1n) is 14.5. The minimum Gasteiger partial charge on any atom is -1.00 e. The standard InChI is InChI=1S/C34H39N2.F5P.FH/c1-5-7-24-35-28(22-20-27-15-10-12-18-30(27)35)16-13-19-32-34(3,4)33-29-17-11-9-14-26(29)21-23-31(33)36(32)25-8-6-2;1-6(2,3,4)5;/h9-23H,5-8,24-25H2,1-4H3;;1H/q+1;;/p-1. The molecule has 0 N–H and O–H groups in total. The van der Waals surface area contributed by atoms with E-state index in [1.54, 1.807) is 0 Å². The van der Waals surface area contributed by atoms with E-state index < -0.39 is 8.16 Å². The molecule has 0 amide bonds. The van der Waals surface area contributed by atoms with Gasteiger partial charge in [0.1, 0.15) is 6.54 Å². The normalized spacial score (nSPS) is 16.1. The van der Waals surface area contributed by atoms with Crippen molar-refractivity contribution in [3.63, 3.8) is 0 Å². The molecular weight excluding hydrogens is 581 g/mol. The van der Waals surface area contributed by atoms with Crippen molar-refractivity contribution in [3.05, 3.63) is 102 Å². The van der Waals surface area contributed by atoms with E-state index in [2.05, 4.69) is 128 Å². The molecule has 2 nitrogen and oxygen atoms in total. The van der Waals surface area contributed by atoms with Crippen LogP contribution in [0.15, 0.2) is 90.6 Å². The van der Waals surface area contributed by atoms with Crippen molar-refractivity contribution in [1.29, 1.82) is 0 Å². The number of hydrogen-bond donors (Lipinski definition) is 0. The molecule has 0 spiro atoms. The number of benzene rings is 3. The maximum atomic E-state index is 9.84. The van der Waals surface area contributed by atoms with Gasteiger partial charge in [-0.05, 0) is 47.0 Å². The van der Waals surface area contributed by atoms with Crippen molar-refractivity contribution in [2.24, 2.45) is 0 Å². The minimum atomic E-state index is -8.55. The minimum absolute atomic E-state index is 0. The fraction of sp³-hybridized carbons (Fsp3) is 0.324. The number of pyridine rings is 1. The first kappa shape index (κ1) is 34.1. The molecular formula is C34H39F6N2P. The van der Waals surface area contributed by atoms with E-state index >= 15 is 0 Å². The zero-order valence-corrected chi connectivity index (χ0v) is 25.9. The van der Waals surface area contributed by atoms with Gasteiger partial charge in [-0.2, -0.15) is 4.57 Å². The maximum absolute atomic E-state index is 9.84. The van der Waals surface area contributed by atoms with E-state index in [9.17, 15) is 21.0 Å². The average molecular weight is 621 g/mol. The monoisotopic (exact) mass is 620 g/mol. The molecule has 43 heavy (non-hydrogen) atoms. The summed E-state index contributed by atoms with van der Waals surface area (Å²) >= 11 is 0.